The molecule has 6 nitrogen and oxygen atoms in total. The quantitative estimate of drug-likeness (QED) is 0.158. The Morgan fingerprint density at radius 1 is 0.968 bits per heavy atom. The molecule has 31 heavy (non-hydrogen) atoms. The normalized spacial score (nSPS) is 13.7. The van der Waals surface area contributed by atoms with E-state index in [0.29, 0.717) is 27.9 Å². The number of aromatic nitrogens is 5. The highest BCUT2D eigenvalue weighted by atomic mass is 35.5. The summed E-state index contributed by atoms with van der Waals surface area (Å²) in [5.41, 5.74) is -3.06. The van der Waals surface area contributed by atoms with Crippen molar-refractivity contribution in [3.8, 4) is 11.4 Å². The first-order valence-corrected chi connectivity index (χ1v) is 10.5. The minimum Gasteiger partial charge on any atom is -0.215 e. The van der Waals surface area contributed by atoms with Gasteiger partial charge < -0.3 is 0 Å². The van der Waals surface area contributed by atoms with Crippen LogP contribution in [0.5, 0.6) is 0 Å². The van der Waals surface area contributed by atoms with Crippen molar-refractivity contribution in [2.24, 2.45) is 5.10 Å². The number of thioether (sulfide) groups is 1. The van der Waals surface area contributed by atoms with Gasteiger partial charge in [0.25, 0.3) is 0 Å². The molecule has 0 spiro atoms. The highest BCUT2D eigenvalue weighted by Gasteiger charge is 2.37. The van der Waals surface area contributed by atoms with E-state index in [4.69, 9.17) is 11.6 Å². The standard InChI is InChI=1S/C16H7ClF6N6S2/c1-30-13-25-10(17)9-5-24-29-11(27-28-14(29)31-12(9)26-13)6-2-7(15(18,19)20)4-8(3-6)16(21,22)23/h2-5H,1H3. The van der Waals surface area contributed by atoms with Crippen molar-refractivity contribution in [3.63, 3.8) is 0 Å². The van der Waals surface area contributed by atoms with Crippen molar-refractivity contribution in [1.82, 2.24) is 24.8 Å². The topological polar surface area (TPSA) is 68.8 Å². The van der Waals surface area contributed by atoms with Gasteiger partial charge >= 0.3 is 12.4 Å². The molecule has 0 amide bonds. The van der Waals surface area contributed by atoms with Gasteiger partial charge in [0.1, 0.15) is 10.2 Å². The average molecular weight is 497 g/mol. The maximum atomic E-state index is 13.2. The van der Waals surface area contributed by atoms with Crippen molar-refractivity contribution >= 4 is 41.3 Å². The van der Waals surface area contributed by atoms with Crippen LogP contribution in [0.15, 0.2) is 38.6 Å². The lowest BCUT2D eigenvalue weighted by molar-refractivity contribution is -0.143. The SMILES string of the molecule is CSc1nc(Cl)c2c(n1)Sc1nnc(-c3cc(C(F)(F)F)cc(C(F)(F)F)c3)n1N=C2. The maximum absolute atomic E-state index is 13.2. The van der Waals surface area contributed by atoms with Gasteiger partial charge in [-0.1, -0.05) is 23.4 Å². The molecule has 0 fully saturated rings. The Bertz CT molecular complexity index is 1170. The number of halogens is 7. The van der Waals surface area contributed by atoms with E-state index in [-0.39, 0.29) is 22.2 Å². The molecule has 0 unspecified atom stereocenters. The summed E-state index contributed by atoms with van der Waals surface area (Å²) in [5, 5.41) is 12.6. The summed E-state index contributed by atoms with van der Waals surface area (Å²) in [4.78, 5) is 8.36. The number of nitrogens with zero attached hydrogens (tertiary/aromatic N) is 6. The molecule has 3 heterocycles. The summed E-state index contributed by atoms with van der Waals surface area (Å²) in [6.45, 7) is 0. The molecule has 2 aromatic heterocycles. The molecule has 0 aliphatic carbocycles. The molecule has 0 bridgehead atoms. The molecule has 0 N–H and O–H groups in total. The average Bonchev–Trinajstić information content (AvgIpc) is 2.98. The Morgan fingerprint density at radius 2 is 1.61 bits per heavy atom. The summed E-state index contributed by atoms with van der Waals surface area (Å²) < 4.78 is 80.2. The van der Waals surface area contributed by atoms with Crippen LogP contribution in [0, 0.1) is 0 Å². The number of fused-ring (bicyclic) bond motifs is 2. The second-order valence-electron chi connectivity index (χ2n) is 5.98. The second-order valence-corrected chi connectivity index (χ2v) is 8.07. The van der Waals surface area contributed by atoms with Crippen LogP contribution in [0.4, 0.5) is 26.3 Å². The first-order valence-electron chi connectivity index (χ1n) is 8.06. The Labute approximate surface area is 183 Å². The molecule has 0 radical (unpaired) electrons. The number of alkyl halides is 6. The van der Waals surface area contributed by atoms with E-state index in [9.17, 15) is 26.3 Å². The first-order chi connectivity index (χ1) is 14.5. The van der Waals surface area contributed by atoms with Crippen molar-refractivity contribution in [2.45, 2.75) is 27.7 Å². The Kier molecular flexibility index (Phi) is 5.42. The van der Waals surface area contributed by atoms with E-state index < -0.39 is 29.0 Å². The van der Waals surface area contributed by atoms with E-state index in [0.717, 1.165) is 16.4 Å². The summed E-state index contributed by atoms with van der Waals surface area (Å²) in [6, 6.07) is 1.16. The summed E-state index contributed by atoms with van der Waals surface area (Å²) >= 11 is 8.33. The minimum atomic E-state index is -5.00. The van der Waals surface area contributed by atoms with Crippen LogP contribution < -0.4 is 0 Å². The lowest BCUT2D eigenvalue weighted by Crippen LogP contribution is -2.11. The van der Waals surface area contributed by atoms with Gasteiger partial charge in [0.05, 0.1) is 22.9 Å². The number of rotatable bonds is 2. The number of hydrogen-bond acceptors (Lipinski definition) is 7. The molecule has 1 aromatic carbocycles. The summed E-state index contributed by atoms with van der Waals surface area (Å²) in [6.07, 6.45) is -7.01. The molecular weight excluding hydrogens is 490 g/mol. The zero-order valence-corrected chi connectivity index (χ0v) is 17.3. The van der Waals surface area contributed by atoms with Gasteiger partial charge in [0.15, 0.2) is 11.0 Å². The van der Waals surface area contributed by atoms with Crippen LogP contribution in [0.2, 0.25) is 5.15 Å². The highest BCUT2D eigenvalue weighted by Crippen LogP contribution is 2.40. The zero-order valence-electron chi connectivity index (χ0n) is 15.0. The van der Waals surface area contributed by atoms with Crippen molar-refractivity contribution in [3.05, 3.63) is 40.0 Å². The van der Waals surface area contributed by atoms with Crippen LogP contribution in [0.25, 0.3) is 11.4 Å². The predicted octanol–water partition coefficient (Wildman–Crippen LogP) is 5.49. The van der Waals surface area contributed by atoms with Gasteiger partial charge in [-0.25, -0.2) is 9.97 Å². The van der Waals surface area contributed by atoms with Gasteiger partial charge in [0, 0.05) is 5.56 Å². The lowest BCUT2D eigenvalue weighted by Gasteiger charge is -2.13. The van der Waals surface area contributed by atoms with E-state index in [1.54, 1.807) is 6.26 Å². The monoisotopic (exact) mass is 496 g/mol. The third-order valence-corrected chi connectivity index (χ3v) is 5.75. The largest absolute Gasteiger partial charge is 0.416 e. The Balaban J connectivity index is 1.86. The van der Waals surface area contributed by atoms with E-state index in [2.05, 4.69) is 25.3 Å². The van der Waals surface area contributed by atoms with Crippen molar-refractivity contribution in [2.75, 3.05) is 6.26 Å². The van der Waals surface area contributed by atoms with Crippen LogP contribution in [0.1, 0.15) is 16.7 Å². The molecule has 1 aliphatic heterocycles. The molecular formula is C16H7ClF6N6S2. The molecule has 3 aromatic rings. The molecule has 1 aliphatic rings. The molecule has 15 heteroatoms. The van der Waals surface area contributed by atoms with Crippen molar-refractivity contribution < 1.29 is 26.3 Å². The summed E-state index contributed by atoms with van der Waals surface area (Å²) in [7, 11) is 0. The van der Waals surface area contributed by atoms with Gasteiger partial charge in [-0.05, 0) is 36.2 Å². The molecule has 0 saturated heterocycles. The van der Waals surface area contributed by atoms with Crippen molar-refractivity contribution in [1.29, 1.82) is 0 Å². The van der Waals surface area contributed by atoms with Gasteiger partial charge in [-0.2, -0.15) is 36.1 Å². The van der Waals surface area contributed by atoms with E-state index >= 15 is 0 Å². The summed E-state index contributed by atoms with van der Waals surface area (Å²) in [5.74, 6) is -0.308. The predicted molar refractivity (Wildman–Crippen MR) is 101 cm³/mol. The fourth-order valence-corrected chi connectivity index (χ4v) is 4.19. The molecule has 0 saturated carbocycles. The van der Waals surface area contributed by atoms with E-state index in [1.807, 2.05) is 0 Å². The minimum absolute atomic E-state index is 0.0381. The van der Waals surface area contributed by atoms with E-state index in [1.165, 1.54) is 18.0 Å². The third-order valence-electron chi connectivity index (χ3n) is 3.97. The van der Waals surface area contributed by atoms with Crippen LogP contribution in [-0.2, 0) is 12.4 Å². The second kappa shape index (κ2) is 7.67. The highest BCUT2D eigenvalue weighted by molar-refractivity contribution is 7.99. The number of benzene rings is 1. The Morgan fingerprint density at radius 3 is 2.19 bits per heavy atom. The molecule has 0 atom stereocenters. The van der Waals surface area contributed by atoms with Gasteiger partial charge in [-0.3, -0.25) is 0 Å². The fourth-order valence-electron chi connectivity index (χ4n) is 2.58. The van der Waals surface area contributed by atoms with Gasteiger partial charge in [0.2, 0.25) is 5.16 Å². The lowest BCUT2D eigenvalue weighted by atomic mass is 10.0. The molecule has 162 valence electrons. The Hall–Kier alpha value is -2.32. The van der Waals surface area contributed by atoms with Crippen LogP contribution in [0.3, 0.4) is 0 Å². The molecule has 4 rings (SSSR count). The van der Waals surface area contributed by atoms with Crippen LogP contribution in [-0.4, -0.2) is 37.3 Å². The zero-order chi connectivity index (χ0) is 22.6. The van der Waals surface area contributed by atoms with Gasteiger partial charge in [-0.15, -0.1) is 10.2 Å². The van der Waals surface area contributed by atoms with Crippen LogP contribution >= 0.6 is 35.1 Å². The fraction of sp³-hybridized carbons (Fsp3) is 0.188. The smallest absolute Gasteiger partial charge is 0.215 e. The number of hydrogen-bond donors (Lipinski definition) is 0. The first kappa shape index (κ1) is 21.9. The maximum Gasteiger partial charge on any atom is 0.416 e. The third kappa shape index (κ3) is 4.23.